The van der Waals surface area contributed by atoms with Gasteiger partial charge in [-0.15, -0.1) is 0 Å². The predicted octanol–water partition coefficient (Wildman–Crippen LogP) is 3.33. The van der Waals surface area contributed by atoms with Gasteiger partial charge in [-0.25, -0.2) is 0 Å². The van der Waals surface area contributed by atoms with Gasteiger partial charge in [0.2, 0.25) is 0 Å². The first kappa shape index (κ1) is 12.0. The van der Waals surface area contributed by atoms with Crippen LogP contribution in [0.2, 0.25) is 0 Å². The van der Waals surface area contributed by atoms with Crippen LogP contribution in [-0.4, -0.2) is 19.2 Å². The summed E-state index contributed by atoms with van der Waals surface area (Å²) in [7, 11) is 0. The van der Waals surface area contributed by atoms with Crippen LogP contribution in [0.25, 0.3) is 0 Å². The van der Waals surface area contributed by atoms with Crippen LogP contribution in [0.5, 0.6) is 5.75 Å². The van der Waals surface area contributed by atoms with Gasteiger partial charge in [0, 0.05) is 17.5 Å². The molecule has 1 heterocycles. The van der Waals surface area contributed by atoms with Crippen molar-refractivity contribution < 1.29 is 4.74 Å². The number of nitrogens with one attached hydrogen (secondary N) is 1. The van der Waals surface area contributed by atoms with Gasteiger partial charge in [0.05, 0.1) is 6.61 Å². The maximum atomic E-state index is 5.75. The highest BCUT2D eigenvalue weighted by Crippen LogP contribution is 2.37. The normalized spacial score (nSPS) is 24.2. The number of ether oxygens (including phenoxy) is 1. The van der Waals surface area contributed by atoms with Gasteiger partial charge in [-0.05, 0) is 37.8 Å². The summed E-state index contributed by atoms with van der Waals surface area (Å²) in [5.41, 5.74) is 1.41. The fourth-order valence-electron chi connectivity index (χ4n) is 2.97. The lowest BCUT2D eigenvalue weighted by Gasteiger charge is -2.28. The third-order valence-corrected chi connectivity index (χ3v) is 4.35. The molecular formula is C16H23NO. The van der Waals surface area contributed by atoms with Crippen LogP contribution in [0.4, 0.5) is 0 Å². The molecule has 0 aromatic heterocycles. The summed E-state index contributed by atoms with van der Waals surface area (Å²) >= 11 is 0. The molecule has 2 nitrogen and oxygen atoms in total. The minimum Gasteiger partial charge on any atom is -0.493 e. The summed E-state index contributed by atoms with van der Waals surface area (Å²) in [6.45, 7) is 4.38. The van der Waals surface area contributed by atoms with Crippen molar-refractivity contribution >= 4 is 0 Å². The summed E-state index contributed by atoms with van der Waals surface area (Å²) in [5.74, 6) is 2.42. The molecule has 1 fully saturated rings. The highest BCUT2D eigenvalue weighted by molar-refractivity contribution is 5.39. The molecule has 0 bridgehead atoms. The van der Waals surface area contributed by atoms with Crippen LogP contribution in [0.15, 0.2) is 24.3 Å². The summed E-state index contributed by atoms with van der Waals surface area (Å²) < 4.78 is 5.75. The molecule has 1 N–H and O–H groups in total. The van der Waals surface area contributed by atoms with Gasteiger partial charge in [0.15, 0.2) is 0 Å². The number of fused-ring (bicyclic) bond motifs is 1. The van der Waals surface area contributed by atoms with E-state index >= 15 is 0 Å². The lowest BCUT2D eigenvalue weighted by molar-refractivity contribution is 0.288. The maximum absolute atomic E-state index is 5.75. The summed E-state index contributed by atoms with van der Waals surface area (Å²) in [6.07, 6.45) is 5.40. The van der Waals surface area contributed by atoms with Crippen LogP contribution in [0.3, 0.4) is 0 Å². The van der Waals surface area contributed by atoms with E-state index in [1.54, 1.807) is 0 Å². The van der Waals surface area contributed by atoms with Crippen molar-refractivity contribution in [2.45, 2.75) is 44.6 Å². The highest BCUT2D eigenvalue weighted by Gasteiger charge is 2.25. The average molecular weight is 245 g/mol. The molecule has 1 aliphatic carbocycles. The Morgan fingerprint density at radius 3 is 2.94 bits per heavy atom. The molecule has 98 valence electrons. The molecule has 1 aliphatic heterocycles. The second-order valence-corrected chi connectivity index (χ2v) is 5.92. The van der Waals surface area contributed by atoms with E-state index in [-0.39, 0.29) is 0 Å². The summed E-state index contributed by atoms with van der Waals surface area (Å²) in [5, 5.41) is 3.68. The van der Waals surface area contributed by atoms with Crippen molar-refractivity contribution in [3.05, 3.63) is 29.8 Å². The van der Waals surface area contributed by atoms with E-state index in [1.807, 2.05) is 0 Å². The minimum absolute atomic E-state index is 0.597. The maximum Gasteiger partial charge on any atom is 0.122 e. The third-order valence-electron chi connectivity index (χ3n) is 4.35. The molecule has 3 rings (SSSR count). The first-order chi connectivity index (χ1) is 8.83. The molecule has 2 heteroatoms. The Morgan fingerprint density at radius 2 is 2.17 bits per heavy atom. The predicted molar refractivity (Wildman–Crippen MR) is 74.1 cm³/mol. The molecule has 2 aliphatic rings. The molecule has 0 saturated heterocycles. The monoisotopic (exact) mass is 245 g/mol. The van der Waals surface area contributed by atoms with Crippen molar-refractivity contribution in [3.8, 4) is 5.75 Å². The number of hydrogen-bond donors (Lipinski definition) is 1. The molecule has 2 unspecified atom stereocenters. The molecule has 2 atom stereocenters. The van der Waals surface area contributed by atoms with Gasteiger partial charge < -0.3 is 10.1 Å². The van der Waals surface area contributed by atoms with E-state index in [0.717, 1.165) is 30.9 Å². The standard InChI is InChI=1S/C16H23NO/c1-12(10-17-14-5-4-6-14)9-13-11-18-16-8-3-2-7-15(13)16/h2-3,7-8,12-14,17H,4-6,9-11H2,1H3. The Balaban J connectivity index is 1.50. The zero-order valence-electron chi connectivity index (χ0n) is 11.2. The second kappa shape index (κ2) is 5.31. The van der Waals surface area contributed by atoms with Crippen LogP contribution in [-0.2, 0) is 0 Å². The molecule has 0 radical (unpaired) electrons. The lowest BCUT2D eigenvalue weighted by atomic mass is 9.89. The molecule has 1 saturated carbocycles. The number of para-hydroxylation sites is 1. The van der Waals surface area contributed by atoms with E-state index in [0.29, 0.717) is 5.92 Å². The van der Waals surface area contributed by atoms with Crippen molar-refractivity contribution in [1.82, 2.24) is 5.32 Å². The molecular weight excluding hydrogens is 222 g/mol. The fraction of sp³-hybridized carbons (Fsp3) is 0.625. The zero-order chi connectivity index (χ0) is 12.4. The number of rotatable bonds is 5. The number of hydrogen-bond acceptors (Lipinski definition) is 2. The van der Waals surface area contributed by atoms with Gasteiger partial charge in [-0.3, -0.25) is 0 Å². The first-order valence-corrected chi connectivity index (χ1v) is 7.28. The van der Waals surface area contributed by atoms with Gasteiger partial charge in [0.25, 0.3) is 0 Å². The Hall–Kier alpha value is -1.02. The van der Waals surface area contributed by atoms with Crippen LogP contribution in [0.1, 0.15) is 44.1 Å². The summed E-state index contributed by atoms with van der Waals surface area (Å²) in [4.78, 5) is 0. The largest absolute Gasteiger partial charge is 0.493 e. The quantitative estimate of drug-likeness (QED) is 0.859. The molecule has 0 spiro atoms. The van der Waals surface area contributed by atoms with E-state index in [9.17, 15) is 0 Å². The molecule has 1 aromatic rings. The van der Waals surface area contributed by atoms with Crippen molar-refractivity contribution in [3.63, 3.8) is 0 Å². The van der Waals surface area contributed by atoms with Crippen molar-refractivity contribution in [2.24, 2.45) is 5.92 Å². The highest BCUT2D eigenvalue weighted by atomic mass is 16.5. The van der Waals surface area contributed by atoms with Crippen molar-refractivity contribution in [1.29, 1.82) is 0 Å². The smallest absolute Gasteiger partial charge is 0.122 e. The zero-order valence-corrected chi connectivity index (χ0v) is 11.2. The third kappa shape index (κ3) is 2.54. The van der Waals surface area contributed by atoms with Crippen LogP contribution < -0.4 is 10.1 Å². The Bertz CT molecular complexity index is 400. The molecule has 0 amide bonds. The Labute approximate surface area is 110 Å². The molecule has 18 heavy (non-hydrogen) atoms. The lowest BCUT2D eigenvalue weighted by Crippen LogP contribution is -2.37. The van der Waals surface area contributed by atoms with E-state index in [1.165, 1.54) is 31.2 Å². The van der Waals surface area contributed by atoms with Crippen molar-refractivity contribution in [2.75, 3.05) is 13.2 Å². The fourth-order valence-corrected chi connectivity index (χ4v) is 2.97. The van der Waals surface area contributed by atoms with E-state index in [2.05, 4.69) is 36.5 Å². The average Bonchev–Trinajstić information content (AvgIpc) is 2.71. The van der Waals surface area contributed by atoms with E-state index in [4.69, 9.17) is 4.74 Å². The summed E-state index contributed by atoms with van der Waals surface area (Å²) in [6, 6.07) is 9.30. The van der Waals surface area contributed by atoms with Gasteiger partial charge in [0.1, 0.15) is 5.75 Å². The van der Waals surface area contributed by atoms with Gasteiger partial charge >= 0.3 is 0 Å². The Kier molecular flexibility index (Phi) is 3.55. The van der Waals surface area contributed by atoms with Crippen LogP contribution >= 0.6 is 0 Å². The topological polar surface area (TPSA) is 21.3 Å². The van der Waals surface area contributed by atoms with Crippen LogP contribution in [0, 0.1) is 5.92 Å². The second-order valence-electron chi connectivity index (χ2n) is 5.92. The van der Waals surface area contributed by atoms with Gasteiger partial charge in [-0.1, -0.05) is 31.5 Å². The van der Waals surface area contributed by atoms with Gasteiger partial charge in [-0.2, -0.15) is 0 Å². The minimum atomic E-state index is 0.597. The first-order valence-electron chi connectivity index (χ1n) is 7.28. The van der Waals surface area contributed by atoms with E-state index < -0.39 is 0 Å². The SMILES string of the molecule is CC(CNC1CCC1)CC1COc2ccccc21. The Morgan fingerprint density at radius 1 is 1.33 bits per heavy atom. The number of benzene rings is 1. The molecule has 1 aromatic carbocycles.